The first kappa shape index (κ1) is 14.8. The van der Waals surface area contributed by atoms with E-state index in [1.165, 1.54) is 25.3 Å². The molecule has 0 saturated heterocycles. The van der Waals surface area contributed by atoms with Gasteiger partial charge >= 0.3 is 5.97 Å². The highest BCUT2D eigenvalue weighted by atomic mass is 35.5. The van der Waals surface area contributed by atoms with Crippen molar-refractivity contribution in [3.63, 3.8) is 0 Å². The Labute approximate surface area is 125 Å². The molecule has 0 amide bonds. The molecule has 0 heterocycles. The number of carbonyl (C=O) groups excluding carboxylic acids is 1. The molecule has 21 heavy (non-hydrogen) atoms. The Morgan fingerprint density at radius 2 is 1.90 bits per heavy atom. The van der Waals surface area contributed by atoms with E-state index in [0.29, 0.717) is 16.3 Å². The molecule has 0 unspecified atom stereocenters. The minimum atomic E-state index is -0.499. The smallest absolute Gasteiger partial charge is 0.337 e. The number of ether oxygens (including phenoxy) is 1. The van der Waals surface area contributed by atoms with Crippen LogP contribution in [0, 0.1) is 10.1 Å². The van der Waals surface area contributed by atoms with Gasteiger partial charge in [0.05, 0.1) is 17.6 Å². The average Bonchev–Trinajstić information content (AvgIpc) is 2.47. The summed E-state index contributed by atoms with van der Waals surface area (Å²) in [5.74, 6) is -0.449. The zero-order valence-corrected chi connectivity index (χ0v) is 11.8. The molecule has 6 nitrogen and oxygen atoms in total. The quantitative estimate of drug-likeness (QED) is 0.528. The van der Waals surface area contributed by atoms with Gasteiger partial charge in [0.1, 0.15) is 5.69 Å². The number of carbonyl (C=O) groups is 1. The first-order chi connectivity index (χ1) is 10.0. The Kier molecular flexibility index (Phi) is 4.39. The molecule has 0 aliphatic carbocycles. The second-order valence-corrected chi connectivity index (χ2v) is 4.55. The van der Waals surface area contributed by atoms with Gasteiger partial charge in [0, 0.05) is 16.8 Å². The fourth-order valence-corrected chi connectivity index (χ4v) is 1.90. The normalized spacial score (nSPS) is 10.0. The molecule has 0 saturated carbocycles. The monoisotopic (exact) mass is 306 g/mol. The lowest BCUT2D eigenvalue weighted by molar-refractivity contribution is -0.383. The number of nitro benzene ring substituents is 1. The van der Waals surface area contributed by atoms with Crippen molar-refractivity contribution in [3.05, 3.63) is 63.2 Å². The predicted molar refractivity (Wildman–Crippen MR) is 79.2 cm³/mol. The van der Waals surface area contributed by atoms with Crippen LogP contribution in [0.4, 0.5) is 17.1 Å². The molecule has 0 aliphatic heterocycles. The van der Waals surface area contributed by atoms with Crippen LogP contribution in [0.2, 0.25) is 5.02 Å². The van der Waals surface area contributed by atoms with E-state index in [0.717, 1.165) is 0 Å². The maximum absolute atomic E-state index is 11.3. The SMILES string of the molecule is COC(=O)c1ccc(Nc2cc(Cl)ccc2[N+](=O)[O-])cc1. The summed E-state index contributed by atoms with van der Waals surface area (Å²) in [7, 11) is 1.30. The fraction of sp³-hybridized carbons (Fsp3) is 0.0714. The number of hydrogen-bond acceptors (Lipinski definition) is 5. The molecular weight excluding hydrogens is 296 g/mol. The summed E-state index contributed by atoms with van der Waals surface area (Å²) < 4.78 is 4.59. The van der Waals surface area contributed by atoms with Gasteiger partial charge in [-0.05, 0) is 36.4 Å². The maximum Gasteiger partial charge on any atom is 0.337 e. The lowest BCUT2D eigenvalue weighted by Crippen LogP contribution is -2.01. The van der Waals surface area contributed by atoms with Crippen LogP contribution in [0.1, 0.15) is 10.4 Å². The van der Waals surface area contributed by atoms with Gasteiger partial charge in [0.15, 0.2) is 0 Å². The van der Waals surface area contributed by atoms with E-state index >= 15 is 0 Å². The van der Waals surface area contributed by atoms with Crippen LogP contribution in [0.15, 0.2) is 42.5 Å². The summed E-state index contributed by atoms with van der Waals surface area (Å²) in [4.78, 5) is 21.8. The van der Waals surface area contributed by atoms with E-state index in [1.807, 2.05) is 0 Å². The van der Waals surface area contributed by atoms with Crippen molar-refractivity contribution in [1.29, 1.82) is 0 Å². The molecule has 0 fully saturated rings. The number of halogens is 1. The molecule has 2 aromatic rings. The number of rotatable bonds is 4. The summed E-state index contributed by atoms with van der Waals surface area (Å²) in [6.07, 6.45) is 0. The Hall–Kier alpha value is -2.60. The van der Waals surface area contributed by atoms with Crippen molar-refractivity contribution in [3.8, 4) is 0 Å². The van der Waals surface area contributed by atoms with E-state index in [4.69, 9.17) is 11.6 Å². The van der Waals surface area contributed by atoms with Gasteiger partial charge in [0.2, 0.25) is 0 Å². The van der Waals surface area contributed by atoms with E-state index in [2.05, 4.69) is 10.1 Å². The standard InChI is InChI=1S/C14H11ClN2O4/c1-21-14(18)9-2-5-11(6-3-9)16-12-8-10(15)4-7-13(12)17(19)20/h2-8,16H,1H3. The second-order valence-electron chi connectivity index (χ2n) is 4.11. The zero-order chi connectivity index (χ0) is 15.4. The molecule has 0 aromatic heterocycles. The highest BCUT2D eigenvalue weighted by molar-refractivity contribution is 6.31. The van der Waals surface area contributed by atoms with Crippen molar-refractivity contribution >= 4 is 34.6 Å². The van der Waals surface area contributed by atoms with E-state index < -0.39 is 10.9 Å². The predicted octanol–water partition coefficient (Wildman–Crippen LogP) is 3.78. The van der Waals surface area contributed by atoms with Gasteiger partial charge < -0.3 is 10.1 Å². The molecule has 1 N–H and O–H groups in total. The van der Waals surface area contributed by atoms with E-state index in [1.54, 1.807) is 24.3 Å². The van der Waals surface area contributed by atoms with Crippen LogP contribution in [0.3, 0.4) is 0 Å². The van der Waals surface area contributed by atoms with Gasteiger partial charge in [-0.2, -0.15) is 0 Å². The Morgan fingerprint density at radius 3 is 2.48 bits per heavy atom. The number of anilines is 2. The largest absolute Gasteiger partial charge is 0.465 e. The average molecular weight is 307 g/mol. The third-order valence-electron chi connectivity index (χ3n) is 2.74. The van der Waals surface area contributed by atoms with Gasteiger partial charge in [-0.15, -0.1) is 0 Å². The molecule has 0 bridgehead atoms. The molecule has 108 valence electrons. The Morgan fingerprint density at radius 1 is 1.24 bits per heavy atom. The van der Waals surface area contributed by atoms with Gasteiger partial charge in [-0.3, -0.25) is 10.1 Å². The van der Waals surface area contributed by atoms with Crippen LogP contribution >= 0.6 is 11.6 Å². The minimum absolute atomic E-state index is 0.0866. The lowest BCUT2D eigenvalue weighted by atomic mass is 10.2. The molecule has 0 atom stereocenters. The molecule has 7 heteroatoms. The number of esters is 1. The molecule has 2 aromatic carbocycles. The number of nitro groups is 1. The summed E-state index contributed by atoms with van der Waals surface area (Å²) in [6.45, 7) is 0. The lowest BCUT2D eigenvalue weighted by Gasteiger charge is -2.08. The van der Waals surface area contributed by atoms with Crippen molar-refractivity contribution < 1.29 is 14.5 Å². The molecule has 2 rings (SSSR count). The summed E-state index contributed by atoms with van der Waals surface area (Å²) in [6, 6.07) is 10.6. The van der Waals surface area contributed by atoms with Crippen molar-refractivity contribution in [2.45, 2.75) is 0 Å². The molecule has 0 aliphatic rings. The Bertz CT molecular complexity index is 686. The van der Waals surface area contributed by atoms with Crippen LogP contribution in [0.25, 0.3) is 0 Å². The fourth-order valence-electron chi connectivity index (χ4n) is 1.73. The topological polar surface area (TPSA) is 81.5 Å². The zero-order valence-electron chi connectivity index (χ0n) is 11.0. The first-order valence-corrected chi connectivity index (χ1v) is 6.28. The van der Waals surface area contributed by atoms with Gasteiger partial charge in [0.25, 0.3) is 5.69 Å². The summed E-state index contributed by atoms with van der Waals surface area (Å²) >= 11 is 5.85. The number of methoxy groups -OCH3 is 1. The third-order valence-corrected chi connectivity index (χ3v) is 2.98. The molecule has 0 radical (unpaired) electrons. The van der Waals surface area contributed by atoms with Crippen LogP contribution in [0.5, 0.6) is 0 Å². The third kappa shape index (κ3) is 3.49. The second kappa shape index (κ2) is 6.23. The molecular formula is C14H11ClN2O4. The number of nitrogens with one attached hydrogen (secondary N) is 1. The Balaban J connectivity index is 2.28. The first-order valence-electron chi connectivity index (χ1n) is 5.90. The number of hydrogen-bond donors (Lipinski definition) is 1. The van der Waals surface area contributed by atoms with E-state index in [-0.39, 0.29) is 11.4 Å². The van der Waals surface area contributed by atoms with Gasteiger partial charge in [-0.1, -0.05) is 11.6 Å². The van der Waals surface area contributed by atoms with Gasteiger partial charge in [-0.25, -0.2) is 4.79 Å². The highest BCUT2D eigenvalue weighted by Crippen LogP contribution is 2.30. The summed E-state index contributed by atoms with van der Waals surface area (Å²) in [5, 5.41) is 14.3. The number of nitrogens with zero attached hydrogens (tertiary/aromatic N) is 1. The summed E-state index contributed by atoms with van der Waals surface area (Å²) in [5.41, 5.74) is 1.17. The van der Waals surface area contributed by atoms with Crippen LogP contribution in [-0.4, -0.2) is 18.0 Å². The van der Waals surface area contributed by atoms with Crippen LogP contribution < -0.4 is 5.32 Å². The minimum Gasteiger partial charge on any atom is -0.465 e. The van der Waals surface area contributed by atoms with E-state index in [9.17, 15) is 14.9 Å². The molecule has 0 spiro atoms. The highest BCUT2D eigenvalue weighted by Gasteiger charge is 2.14. The maximum atomic E-state index is 11.3. The van der Waals surface area contributed by atoms with Crippen molar-refractivity contribution in [2.24, 2.45) is 0 Å². The number of benzene rings is 2. The van der Waals surface area contributed by atoms with Crippen molar-refractivity contribution in [1.82, 2.24) is 0 Å². The van der Waals surface area contributed by atoms with Crippen LogP contribution in [-0.2, 0) is 4.74 Å². The van der Waals surface area contributed by atoms with Crippen molar-refractivity contribution in [2.75, 3.05) is 12.4 Å².